The molecule has 0 aliphatic carbocycles. The molecule has 0 amide bonds. The average Bonchev–Trinajstić information content (AvgIpc) is 2.96. The first-order valence-corrected chi connectivity index (χ1v) is 8.19. The van der Waals surface area contributed by atoms with Crippen molar-refractivity contribution >= 4 is 28.1 Å². The first-order valence-electron chi connectivity index (χ1n) is 6.93. The van der Waals surface area contributed by atoms with Gasteiger partial charge in [-0.15, -0.1) is 11.3 Å². The minimum atomic E-state index is 0.589. The highest BCUT2D eigenvalue weighted by Gasteiger charge is 2.18. The van der Waals surface area contributed by atoms with Crippen LogP contribution in [-0.4, -0.2) is 42.6 Å². The Labute approximate surface area is 134 Å². The molecular formula is C16H16ClN3S. The van der Waals surface area contributed by atoms with Gasteiger partial charge in [-0.1, -0.05) is 41.6 Å². The molecule has 2 heterocycles. The molecule has 3 rings (SSSR count). The lowest BCUT2D eigenvalue weighted by molar-refractivity contribution is 0.288. The number of hydrogen-bond acceptors (Lipinski definition) is 4. The van der Waals surface area contributed by atoms with Crippen molar-refractivity contribution in [2.75, 3.05) is 37.6 Å². The van der Waals surface area contributed by atoms with E-state index in [2.05, 4.69) is 26.6 Å². The molecule has 0 bridgehead atoms. The average molecular weight is 318 g/mol. The van der Waals surface area contributed by atoms with E-state index >= 15 is 0 Å². The van der Waals surface area contributed by atoms with Crippen molar-refractivity contribution in [2.45, 2.75) is 0 Å². The summed E-state index contributed by atoms with van der Waals surface area (Å²) in [5.41, 5.74) is 1.08. The van der Waals surface area contributed by atoms with Gasteiger partial charge in [0.1, 0.15) is 5.15 Å². The van der Waals surface area contributed by atoms with Gasteiger partial charge in [0.2, 0.25) is 0 Å². The largest absolute Gasteiger partial charge is 0.345 e. The summed E-state index contributed by atoms with van der Waals surface area (Å²) in [5.74, 6) is 6.46. The highest BCUT2D eigenvalue weighted by Crippen LogP contribution is 2.24. The third kappa shape index (κ3) is 3.98. The van der Waals surface area contributed by atoms with Crippen LogP contribution in [0.3, 0.4) is 0 Å². The number of aromatic nitrogens is 1. The van der Waals surface area contributed by atoms with Crippen LogP contribution in [0.15, 0.2) is 35.7 Å². The highest BCUT2D eigenvalue weighted by molar-refractivity contribution is 7.14. The molecule has 0 saturated carbocycles. The Hall–Kier alpha value is -1.54. The van der Waals surface area contributed by atoms with Crippen LogP contribution in [0.25, 0.3) is 0 Å². The summed E-state index contributed by atoms with van der Waals surface area (Å²) in [6.45, 7) is 4.82. The zero-order valence-electron chi connectivity index (χ0n) is 11.6. The smallest absolute Gasteiger partial charge is 0.186 e. The molecule has 1 aromatic heterocycles. The molecule has 3 nitrogen and oxygen atoms in total. The van der Waals surface area contributed by atoms with Crippen molar-refractivity contribution in [3.05, 3.63) is 46.4 Å². The lowest BCUT2D eigenvalue weighted by Crippen LogP contribution is -2.46. The second kappa shape index (κ2) is 6.95. The number of thiazole rings is 1. The molecule has 0 radical (unpaired) electrons. The Morgan fingerprint density at radius 1 is 1.14 bits per heavy atom. The van der Waals surface area contributed by atoms with E-state index in [0.29, 0.717) is 5.15 Å². The fraction of sp³-hybridized carbons (Fsp3) is 0.312. The van der Waals surface area contributed by atoms with Gasteiger partial charge in [-0.2, -0.15) is 0 Å². The Kier molecular flexibility index (Phi) is 4.76. The monoisotopic (exact) mass is 317 g/mol. The van der Waals surface area contributed by atoms with E-state index in [9.17, 15) is 0 Å². The normalized spacial score (nSPS) is 15.6. The van der Waals surface area contributed by atoms with E-state index in [1.165, 1.54) is 0 Å². The molecule has 108 valence electrons. The van der Waals surface area contributed by atoms with Crippen LogP contribution in [-0.2, 0) is 0 Å². The zero-order valence-corrected chi connectivity index (χ0v) is 13.2. The Balaban J connectivity index is 1.49. The summed E-state index contributed by atoms with van der Waals surface area (Å²) < 4.78 is 0. The maximum absolute atomic E-state index is 5.88. The first-order chi connectivity index (χ1) is 10.3. The molecule has 1 saturated heterocycles. The van der Waals surface area contributed by atoms with E-state index in [1.807, 2.05) is 35.7 Å². The first kappa shape index (κ1) is 14.4. The van der Waals surface area contributed by atoms with E-state index in [-0.39, 0.29) is 0 Å². The van der Waals surface area contributed by atoms with E-state index in [4.69, 9.17) is 11.6 Å². The minimum absolute atomic E-state index is 0.589. The minimum Gasteiger partial charge on any atom is -0.345 e. The summed E-state index contributed by atoms with van der Waals surface area (Å²) in [6.07, 6.45) is 0. The molecule has 2 aromatic rings. The topological polar surface area (TPSA) is 19.4 Å². The molecule has 0 unspecified atom stereocenters. The molecule has 5 heteroatoms. The van der Waals surface area contributed by atoms with Crippen molar-refractivity contribution in [2.24, 2.45) is 0 Å². The molecule has 0 N–H and O–H groups in total. The molecule has 1 fully saturated rings. The van der Waals surface area contributed by atoms with Gasteiger partial charge in [-0.3, -0.25) is 4.90 Å². The molecular weight excluding hydrogens is 302 g/mol. The van der Waals surface area contributed by atoms with Crippen LogP contribution >= 0.6 is 22.9 Å². The summed E-state index contributed by atoms with van der Waals surface area (Å²) >= 11 is 7.49. The van der Waals surface area contributed by atoms with Crippen LogP contribution in [0, 0.1) is 11.8 Å². The van der Waals surface area contributed by atoms with Gasteiger partial charge in [0.05, 0.1) is 6.54 Å². The van der Waals surface area contributed by atoms with Gasteiger partial charge in [-0.05, 0) is 12.1 Å². The summed E-state index contributed by atoms with van der Waals surface area (Å²) in [5, 5.41) is 3.50. The number of rotatable bonds is 2. The molecule has 0 spiro atoms. The van der Waals surface area contributed by atoms with Gasteiger partial charge in [0, 0.05) is 37.1 Å². The van der Waals surface area contributed by atoms with Crippen molar-refractivity contribution < 1.29 is 0 Å². The van der Waals surface area contributed by atoms with Crippen molar-refractivity contribution in [3.8, 4) is 11.8 Å². The molecule has 1 aliphatic heterocycles. The number of anilines is 1. The third-order valence-corrected chi connectivity index (χ3v) is 4.64. The lowest BCUT2D eigenvalue weighted by atomic mass is 10.2. The molecule has 1 aliphatic rings. The predicted molar refractivity (Wildman–Crippen MR) is 89.1 cm³/mol. The van der Waals surface area contributed by atoms with Crippen LogP contribution in [0.1, 0.15) is 5.56 Å². The standard InChI is InChI=1S/C16H16ClN3S/c17-15-13-21-16(18-15)20-11-9-19(10-12-20)8-4-7-14-5-2-1-3-6-14/h1-3,5-6,13H,8-12H2. The Bertz CT molecular complexity index is 636. The van der Waals surface area contributed by atoms with Gasteiger partial charge in [0.25, 0.3) is 0 Å². The number of nitrogens with zero attached hydrogens (tertiary/aromatic N) is 3. The van der Waals surface area contributed by atoms with Crippen molar-refractivity contribution in [1.29, 1.82) is 0 Å². The van der Waals surface area contributed by atoms with Gasteiger partial charge < -0.3 is 4.90 Å². The Morgan fingerprint density at radius 3 is 2.57 bits per heavy atom. The highest BCUT2D eigenvalue weighted by atomic mass is 35.5. The van der Waals surface area contributed by atoms with Crippen LogP contribution < -0.4 is 4.90 Å². The van der Waals surface area contributed by atoms with Gasteiger partial charge in [0.15, 0.2) is 5.13 Å². The quantitative estimate of drug-likeness (QED) is 0.794. The van der Waals surface area contributed by atoms with Crippen molar-refractivity contribution in [1.82, 2.24) is 9.88 Å². The second-order valence-corrected chi connectivity index (χ2v) is 6.11. The Morgan fingerprint density at radius 2 is 1.90 bits per heavy atom. The maximum Gasteiger partial charge on any atom is 0.186 e. The number of halogens is 1. The molecule has 0 atom stereocenters. The van der Waals surface area contributed by atoms with Gasteiger partial charge >= 0.3 is 0 Å². The third-order valence-electron chi connectivity index (χ3n) is 3.42. The SMILES string of the molecule is Clc1csc(N2CCN(CC#Cc3ccccc3)CC2)n1. The summed E-state index contributed by atoms with van der Waals surface area (Å²) in [4.78, 5) is 8.99. The maximum atomic E-state index is 5.88. The lowest BCUT2D eigenvalue weighted by Gasteiger charge is -2.33. The summed E-state index contributed by atoms with van der Waals surface area (Å²) in [6, 6.07) is 10.1. The zero-order chi connectivity index (χ0) is 14.5. The number of piperazine rings is 1. The number of benzene rings is 1. The van der Waals surface area contributed by atoms with Gasteiger partial charge in [-0.25, -0.2) is 4.98 Å². The van der Waals surface area contributed by atoms with E-state index in [0.717, 1.165) is 43.4 Å². The second-order valence-electron chi connectivity index (χ2n) is 4.88. The van der Waals surface area contributed by atoms with Crippen LogP contribution in [0.5, 0.6) is 0 Å². The summed E-state index contributed by atoms with van der Waals surface area (Å²) in [7, 11) is 0. The fourth-order valence-electron chi connectivity index (χ4n) is 2.26. The number of hydrogen-bond donors (Lipinski definition) is 0. The van der Waals surface area contributed by atoms with Crippen LogP contribution in [0.2, 0.25) is 5.15 Å². The van der Waals surface area contributed by atoms with E-state index < -0.39 is 0 Å². The van der Waals surface area contributed by atoms with Crippen LogP contribution in [0.4, 0.5) is 5.13 Å². The fourth-order valence-corrected chi connectivity index (χ4v) is 3.26. The van der Waals surface area contributed by atoms with E-state index in [1.54, 1.807) is 11.3 Å². The molecule has 21 heavy (non-hydrogen) atoms. The van der Waals surface area contributed by atoms with Crippen molar-refractivity contribution in [3.63, 3.8) is 0 Å². The molecule has 1 aromatic carbocycles. The predicted octanol–water partition coefficient (Wildman–Crippen LogP) is 2.97.